The molecular weight excluding hydrogens is 832 g/mol. The molecule has 9 heteroatoms. The zero-order chi connectivity index (χ0) is 42.9. The lowest BCUT2D eigenvalue weighted by molar-refractivity contribution is -0.146. The number of esters is 1. The van der Waals surface area contributed by atoms with Crippen molar-refractivity contribution in [2.45, 2.75) is 190 Å². The summed E-state index contributed by atoms with van der Waals surface area (Å²) >= 11 is 2.12. The summed E-state index contributed by atoms with van der Waals surface area (Å²) in [6.07, 6.45) is 15.4. The van der Waals surface area contributed by atoms with Gasteiger partial charge in [-0.15, -0.1) is 6.58 Å². The van der Waals surface area contributed by atoms with Crippen molar-refractivity contribution in [2.24, 2.45) is 23.7 Å². The topological polar surface area (TPSA) is 78.9 Å². The van der Waals surface area contributed by atoms with Gasteiger partial charge in [-0.3, -0.25) is 9.59 Å². The molecule has 0 bridgehead atoms. The molecule has 0 aliphatic carbocycles. The van der Waals surface area contributed by atoms with Crippen LogP contribution in [0, 0.1) is 23.7 Å². The van der Waals surface area contributed by atoms with Crippen LogP contribution in [-0.2, 0) is 28.0 Å². The normalized spacial score (nSPS) is 17.3. The summed E-state index contributed by atoms with van der Waals surface area (Å²) in [5, 5.41) is 0.0234. The molecule has 0 aromatic rings. The number of carbonyl (C=O) groups is 3. The zero-order valence-corrected chi connectivity index (χ0v) is 42.2. The van der Waals surface area contributed by atoms with Crippen molar-refractivity contribution in [2.75, 3.05) is 0 Å². The summed E-state index contributed by atoms with van der Waals surface area (Å²) in [6.45, 7) is 40.2. The van der Waals surface area contributed by atoms with Crippen LogP contribution in [0.2, 0.25) is 36.3 Å². The van der Waals surface area contributed by atoms with Gasteiger partial charge in [0.05, 0.1) is 12.2 Å². The van der Waals surface area contributed by atoms with E-state index in [9.17, 15) is 14.4 Å². The van der Waals surface area contributed by atoms with Crippen LogP contribution in [-0.4, -0.2) is 52.5 Å². The molecule has 0 saturated carbocycles. The highest BCUT2D eigenvalue weighted by Crippen LogP contribution is 2.40. The fourth-order valence-corrected chi connectivity index (χ4v) is 8.72. The minimum Gasteiger partial charge on any atom is -0.458 e. The second kappa shape index (κ2) is 24.5. The van der Waals surface area contributed by atoms with Crippen LogP contribution in [0.1, 0.15) is 135 Å². The molecule has 0 unspecified atom stereocenters. The molecular formula is C46H81IO6Si2. The molecule has 0 spiro atoms. The molecule has 0 rings (SSSR count). The highest BCUT2D eigenvalue weighted by atomic mass is 127. The van der Waals surface area contributed by atoms with Crippen molar-refractivity contribution in [3.63, 3.8) is 0 Å². The van der Waals surface area contributed by atoms with Gasteiger partial charge in [0.15, 0.2) is 22.4 Å². The molecule has 55 heavy (non-hydrogen) atoms. The lowest BCUT2D eigenvalue weighted by Crippen LogP contribution is -2.47. The highest BCUT2D eigenvalue weighted by molar-refractivity contribution is 14.1. The summed E-state index contributed by atoms with van der Waals surface area (Å²) in [5.74, 6) is -0.325. The molecule has 0 saturated heterocycles. The molecule has 0 heterocycles. The van der Waals surface area contributed by atoms with E-state index in [4.69, 9.17) is 13.6 Å². The van der Waals surface area contributed by atoms with Crippen molar-refractivity contribution in [3.05, 3.63) is 58.3 Å². The number of halogens is 1. The van der Waals surface area contributed by atoms with Crippen LogP contribution < -0.4 is 0 Å². The average molecular weight is 913 g/mol. The zero-order valence-electron chi connectivity index (χ0n) is 38.1. The fraction of sp³-hybridized carbons (Fsp3) is 0.717. The first-order chi connectivity index (χ1) is 25.1. The predicted octanol–water partition coefficient (Wildman–Crippen LogP) is 13.7. The van der Waals surface area contributed by atoms with E-state index < -0.39 is 16.6 Å². The van der Waals surface area contributed by atoms with Gasteiger partial charge >= 0.3 is 5.97 Å². The summed E-state index contributed by atoms with van der Waals surface area (Å²) < 4.78 is 21.6. The van der Waals surface area contributed by atoms with Crippen LogP contribution in [0.25, 0.3) is 0 Å². The summed E-state index contributed by atoms with van der Waals surface area (Å²) in [6, 6.07) is 0. The Morgan fingerprint density at radius 1 is 0.800 bits per heavy atom. The van der Waals surface area contributed by atoms with Crippen molar-refractivity contribution in [1.82, 2.24) is 0 Å². The third kappa shape index (κ3) is 20.2. The number of allylic oxidation sites excluding steroid dienone is 6. The van der Waals surface area contributed by atoms with Crippen LogP contribution in [0.15, 0.2) is 58.3 Å². The lowest BCUT2D eigenvalue weighted by Gasteiger charge is -2.41. The maximum Gasteiger partial charge on any atom is 0.334 e. The van der Waals surface area contributed by atoms with Crippen LogP contribution in [0.3, 0.4) is 0 Å². The van der Waals surface area contributed by atoms with Gasteiger partial charge in [-0.25, -0.2) is 4.79 Å². The molecule has 0 fully saturated rings. The molecule has 316 valence electrons. The minimum atomic E-state index is -2.23. The number of hydrogen-bond acceptors (Lipinski definition) is 6. The second-order valence-corrected chi connectivity index (χ2v) is 29.6. The number of Topliss-reactive ketones (excluding diaryl/α,β-unsaturated/α-hetero) is 1. The van der Waals surface area contributed by atoms with Gasteiger partial charge in [0.25, 0.3) is 0 Å². The standard InChI is InChI=1S/C46H81IO6Si2/c1-19-20-21-24-39(52-54(15,16)45(9,10)11)32-41(49)38(8)42(53-55(17,18)46(12,13)14)28-26-35(5)40(48)27-25-34(4)31-37(7)43(30-33(2)3)51-44(50)36(6)23-22-29-47/h19,22-23,25,27,29,31,33,35,37-39,42-43H,1,20-21,24,26,28,30,32H2,2-18H3/b27-25+,29-22+,34-31+,36-23+/t35-,37-,38+,39-,42+,43-/m1/s1. The lowest BCUT2D eigenvalue weighted by atomic mass is 9.89. The first kappa shape index (κ1) is 53.6. The number of rotatable bonds is 25. The number of ketones is 2. The van der Waals surface area contributed by atoms with Crippen molar-refractivity contribution >= 4 is 56.8 Å². The molecule has 0 aliphatic rings. The van der Waals surface area contributed by atoms with Crippen molar-refractivity contribution < 1.29 is 28.0 Å². The second-order valence-electron chi connectivity index (χ2n) is 19.3. The van der Waals surface area contributed by atoms with Gasteiger partial charge in [-0.1, -0.05) is 135 Å². The molecule has 0 radical (unpaired) electrons. The van der Waals surface area contributed by atoms with Gasteiger partial charge < -0.3 is 13.6 Å². The largest absolute Gasteiger partial charge is 0.458 e. The Balaban J connectivity index is 6.06. The molecule has 0 aliphatic heterocycles. The van der Waals surface area contributed by atoms with Gasteiger partial charge in [0.1, 0.15) is 11.9 Å². The van der Waals surface area contributed by atoms with E-state index in [-0.39, 0.29) is 63.7 Å². The Morgan fingerprint density at radius 3 is 1.87 bits per heavy atom. The SMILES string of the molecule is C=CCCC[C@H](CC(=O)[C@H](C)[C@H](CC[C@@H](C)C(=O)/C=C/C(C)=C/[C@@H](C)[C@@H](CC(C)C)OC(=O)/C(C)=C/C=C/I)O[Si](C)(C)C(C)(C)C)O[Si](C)(C)C(C)(C)C. The van der Waals surface area contributed by atoms with Gasteiger partial charge in [-0.2, -0.15) is 0 Å². The first-order valence-corrected chi connectivity index (χ1v) is 27.7. The summed E-state index contributed by atoms with van der Waals surface area (Å²) in [7, 11) is -4.32. The van der Waals surface area contributed by atoms with E-state index >= 15 is 0 Å². The van der Waals surface area contributed by atoms with Gasteiger partial charge in [0, 0.05) is 29.7 Å². The third-order valence-electron chi connectivity index (χ3n) is 11.6. The Labute approximate surface area is 354 Å². The van der Waals surface area contributed by atoms with Crippen LogP contribution >= 0.6 is 22.6 Å². The Bertz CT molecular complexity index is 1340. The average Bonchev–Trinajstić information content (AvgIpc) is 3.05. The summed E-state index contributed by atoms with van der Waals surface area (Å²) in [4.78, 5) is 40.3. The number of hydrogen-bond donors (Lipinski definition) is 0. The maximum atomic E-state index is 14.1. The smallest absolute Gasteiger partial charge is 0.334 e. The third-order valence-corrected chi connectivity index (χ3v) is 21.1. The van der Waals surface area contributed by atoms with E-state index in [0.29, 0.717) is 30.8 Å². The Hall–Kier alpha value is -1.41. The van der Waals surface area contributed by atoms with Crippen LogP contribution in [0.4, 0.5) is 0 Å². The quantitative estimate of drug-likeness (QED) is 0.0173. The number of carbonyl (C=O) groups excluding carboxylic acids is 3. The molecule has 0 N–H and O–H groups in total. The van der Waals surface area contributed by atoms with E-state index in [1.165, 1.54) is 0 Å². The Kier molecular flexibility index (Phi) is 23.9. The predicted molar refractivity (Wildman–Crippen MR) is 249 cm³/mol. The Morgan fingerprint density at radius 2 is 1.36 bits per heavy atom. The van der Waals surface area contributed by atoms with Crippen molar-refractivity contribution in [1.29, 1.82) is 0 Å². The van der Waals surface area contributed by atoms with E-state index in [2.05, 4.69) is 124 Å². The number of ether oxygens (including phenoxy) is 1. The van der Waals surface area contributed by atoms with E-state index in [0.717, 1.165) is 31.3 Å². The van der Waals surface area contributed by atoms with Crippen molar-refractivity contribution in [3.8, 4) is 0 Å². The molecule has 0 aromatic carbocycles. The highest BCUT2D eigenvalue weighted by Gasteiger charge is 2.43. The van der Waals surface area contributed by atoms with Crippen LogP contribution in [0.5, 0.6) is 0 Å². The van der Waals surface area contributed by atoms with Gasteiger partial charge in [-0.05, 0) is 105 Å². The minimum absolute atomic E-state index is 0.0218. The maximum absolute atomic E-state index is 14.1. The molecule has 0 aromatic heterocycles. The van der Waals surface area contributed by atoms with E-state index in [1.807, 2.05) is 43.1 Å². The molecule has 6 nitrogen and oxygen atoms in total. The fourth-order valence-electron chi connectivity index (χ4n) is 5.70. The molecule has 6 atom stereocenters. The van der Waals surface area contributed by atoms with E-state index in [1.54, 1.807) is 19.1 Å². The van der Waals surface area contributed by atoms with Gasteiger partial charge in [0.2, 0.25) is 0 Å². The monoisotopic (exact) mass is 912 g/mol. The molecule has 0 amide bonds. The summed E-state index contributed by atoms with van der Waals surface area (Å²) in [5.41, 5.74) is 1.50. The first-order valence-electron chi connectivity index (χ1n) is 20.6. The number of unbranched alkanes of at least 4 members (excludes halogenated alkanes) is 1.